The van der Waals surface area contributed by atoms with Gasteiger partial charge in [0.1, 0.15) is 5.82 Å². The van der Waals surface area contributed by atoms with Gasteiger partial charge in [0.05, 0.1) is 17.9 Å². The Balaban J connectivity index is 2.90. The minimum atomic E-state index is -0.443. The van der Waals surface area contributed by atoms with E-state index in [1.54, 1.807) is 6.92 Å². The van der Waals surface area contributed by atoms with Crippen molar-refractivity contribution in [3.8, 4) is 0 Å². The summed E-state index contributed by atoms with van der Waals surface area (Å²) in [6.45, 7) is 2.05. The molecule has 0 aliphatic rings. The maximum absolute atomic E-state index is 11.1. The predicted molar refractivity (Wildman–Crippen MR) is 49.0 cm³/mol. The lowest BCUT2D eigenvalue weighted by Gasteiger charge is -2.03. The van der Waals surface area contributed by atoms with E-state index in [0.29, 0.717) is 12.2 Å². The highest BCUT2D eigenvalue weighted by Gasteiger charge is 2.08. The summed E-state index contributed by atoms with van der Waals surface area (Å²) in [4.78, 5) is 14.9. The zero-order valence-corrected chi connectivity index (χ0v) is 7.28. The molecule has 5 heteroatoms. The van der Waals surface area contributed by atoms with Gasteiger partial charge < -0.3 is 16.2 Å². The van der Waals surface area contributed by atoms with Crippen LogP contribution in [0.3, 0.4) is 0 Å². The first-order valence-corrected chi connectivity index (χ1v) is 3.83. The highest BCUT2D eigenvalue weighted by atomic mass is 16.5. The zero-order chi connectivity index (χ0) is 9.84. The second kappa shape index (κ2) is 3.75. The number of nitrogens with two attached hydrogens (primary N) is 2. The molecule has 0 bridgehead atoms. The molecule has 0 radical (unpaired) electrons. The van der Waals surface area contributed by atoms with Crippen LogP contribution < -0.4 is 11.5 Å². The summed E-state index contributed by atoms with van der Waals surface area (Å²) in [5.74, 6) is -0.227. The van der Waals surface area contributed by atoms with Crippen LogP contribution in [0, 0.1) is 0 Å². The van der Waals surface area contributed by atoms with Crippen LogP contribution in [0.4, 0.5) is 11.5 Å². The van der Waals surface area contributed by atoms with Crippen molar-refractivity contribution in [3.63, 3.8) is 0 Å². The number of aromatic nitrogens is 1. The van der Waals surface area contributed by atoms with Crippen molar-refractivity contribution in [2.75, 3.05) is 18.1 Å². The third-order valence-electron chi connectivity index (χ3n) is 1.46. The molecule has 0 atom stereocenters. The van der Waals surface area contributed by atoms with Gasteiger partial charge >= 0.3 is 5.97 Å². The molecule has 4 N–H and O–H groups in total. The van der Waals surface area contributed by atoms with Crippen molar-refractivity contribution in [3.05, 3.63) is 17.8 Å². The molecule has 1 aromatic heterocycles. The number of rotatable bonds is 2. The molecular weight excluding hydrogens is 170 g/mol. The lowest BCUT2D eigenvalue weighted by atomic mass is 10.2. The Kier molecular flexibility index (Phi) is 2.69. The van der Waals surface area contributed by atoms with Crippen molar-refractivity contribution in [1.29, 1.82) is 0 Å². The molecular formula is C8H11N3O2. The van der Waals surface area contributed by atoms with Crippen molar-refractivity contribution in [2.45, 2.75) is 6.92 Å². The zero-order valence-electron chi connectivity index (χ0n) is 7.28. The Morgan fingerprint density at radius 2 is 2.31 bits per heavy atom. The number of hydrogen-bond donors (Lipinski definition) is 2. The molecule has 1 aromatic rings. The fourth-order valence-electron chi connectivity index (χ4n) is 0.818. The van der Waals surface area contributed by atoms with Crippen LogP contribution >= 0.6 is 0 Å². The van der Waals surface area contributed by atoms with Crippen LogP contribution in [0.2, 0.25) is 0 Å². The summed E-state index contributed by atoms with van der Waals surface area (Å²) in [6.07, 6.45) is 1.34. The normalized spacial score (nSPS) is 9.62. The monoisotopic (exact) mass is 181 g/mol. The summed E-state index contributed by atoms with van der Waals surface area (Å²) < 4.78 is 4.75. The molecule has 0 aliphatic heterocycles. The second-order valence-electron chi connectivity index (χ2n) is 2.42. The van der Waals surface area contributed by atoms with E-state index in [1.807, 2.05) is 0 Å². The minimum Gasteiger partial charge on any atom is -0.462 e. The van der Waals surface area contributed by atoms with E-state index in [9.17, 15) is 4.79 Å². The number of anilines is 2. The Bertz CT molecular complexity index is 325. The van der Waals surface area contributed by atoms with Gasteiger partial charge in [0.15, 0.2) is 0 Å². The van der Waals surface area contributed by atoms with Crippen LogP contribution in [0.5, 0.6) is 0 Å². The van der Waals surface area contributed by atoms with Gasteiger partial charge in [0.2, 0.25) is 0 Å². The largest absolute Gasteiger partial charge is 0.462 e. The number of nitrogen functional groups attached to an aromatic ring is 2. The first-order chi connectivity index (χ1) is 6.15. The van der Waals surface area contributed by atoms with Crippen molar-refractivity contribution in [2.24, 2.45) is 0 Å². The molecule has 1 rings (SSSR count). The van der Waals surface area contributed by atoms with E-state index in [4.69, 9.17) is 16.2 Å². The van der Waals surface area contributed by atoms with Crippen molar-refractivity contribution in [1.82, 2.24) is 4.98 Å². The van der Waals surface area contributed by atoms with Gasteiger partial charge in [0.25, 0.3) is 0 Å². The fraction of sp³-hybridized carbons (Fsp3) is 0.250. The second-order valence-corrected chi connectivity index (χ2v) is 2.42. The molecule has 0 unspecified atom stereocenters. The lowest BCUT2D eigenvalue weighted by molar-refractivity contribution is 0.0526. The molecule has 0 saturated heterocycles. The lowest BCUT2D eigenvalue weighted by Crippen LogP contribution is -2.07. The molecule has 0 amide bonds. The molecule has 0 fully saturated rings. The highest BCUT2D eigenvalue weighted by molar-refractivity contribution is 5.90. The molecule has 70 valence electrons. The van der Waals surface area contributed by atoms with Crippen molar-refractivity contribution < 1.29 is 9.53 Å². The van der Waals surface area contributed by atoms with Gasteiger partial charge in [-0.25, -0.2) is 9.78 Å². The van der Waals surface area contributed by atoms with Crippen LogP contribution in [-0.2, 0) is 4.74 Å². The smallest absolute Gasteiger partial charge is 0.339 e. The number of pyridine rings is 1. The number of esters is 1. The van der Waals surface area contributed by atoms with Gasteiger partial charge in [-0.15, -0.1) is 0 Å². The van der Waals surface area contributed by atoms with E-state index in [2.05, 4.69) is 4.98 Å². The standard InChI is InChI=1S/C8H11N3O2/c1-2-13-8(12)5-3-6(9)7(10)11-4-5/h3-4H,2,9H2,1H3,(H2,10,11). The number of hydrogen-bond acceptors (Lipinski definition) is 5. The average molecular weight is 181 g/mol. The van der Waals surface area contributed by atoms with Gasteiger partial charge in [-0.2, -0.15) is 0 Å². The first-order valence-electron chi connectivity index (χ1n) is 3.83. The number of nitrogens with zero attached hydrogens (tertiary/aromatic N) is 1. The van der Waals surface area contributed by atoms with Crippen LogP contribution in [0.15, 0.2) is 12.3 Å². The maximum atomic E-state index is 11.1. The Morgan fingerprint density at radius 3 is 2.85 bits per heavy atom. The van der Waals surface area contributed by atoms with E-state index < -0.39 is 5.97 Å². The summed E-state index contributed by atoms with van der Waals surface area (Å²) in [5, 5.41) is 0. The minimum absolute atomic E-state index is 0.216. The quantitative estimate of drug-likeness (QED) is 0.645. The number of carbonyl (C=O) groups is 1. The molecule has 0 aliphatic carbocycles. The molecule has 0 aromatic carbocycles. The first kappa shape index (κ1) is 9.31. The molecule has 1 heterocycles. The highest BCUT2D eigenvalue weighted by Crippen LogP contribution is 2.12. The Hall–Kier alpha value is -1.78. The van der Waals surface area contributed by atoms with Crippen molar-refractivity contribution >= 4 is 17.5 Å². The summed E-state index contributed by atoms with van der Waals surface area (Å²) >= 11 is 0. The number of ether oxygens (including phenoxy) is 1. The predicted octanol–water partition coefficient (Wildman–Crippen LogP) is 0.423. The summed E-state index contributed by atoms with van der Waals surface area (Å²) in [7, 11) is 0. The number of carbonyl (C=O) groups excluding carboxylic acids is 1. The van der Waals surface area contributed by atoms with E-state index >= 15 is 0 Å². The average Bonchev–Trinajstić information content (AvgIpc) is 2.10. The van der Waals surface area contributed by atoms with Gasteiger partial charge in [-0.05, 0) is 13.0 Å². The molecule has 5 nitrogen and oxygen atoms in total. The van der Waals surface area contributed by atoms with E-state index in [1.165, 1.54) is 12.3 Å². The Morgan fingerprint density at radius 1 is 1.62 bits per heavy atom. The van der Waals surface area contributed by atoms with E-state index in [-0.39, 0.29) is 11.5 Å². The summed E-state index contributed by atoms with van der Waals surface area (Å²) in [6, 6.07) is 1.44. The molecule has 0 spiro atoms. The van der Waals surface area contributed by atoms with Gasteiger partial charge in [0, 0.05) is 6.20 Å². The SMILES string of the molecule is CCOC(=O)c1cnc(N)c(N)c1. The van der Waals surface area contributed by atoms with Gasteiger partial charge in [-0.1, -0.05) is 0 Å². The van der Waals surface area contributed by atoms with Crippen LogP contribution in [-0.4, -0.2) is 17.6 Å². The molecule has 0 saturated carbocycles. The Labute approximate surface area is 75.7 Å². The van der Waals surface area contributed by atoms with Gasteiger partial charge in [-0.3, -0.25) is 0 Å². The fourth-order valence-corrected chi connectivity index (χ4v) is 0.818. The third-order valence-corrected chi connectivity index (χ3v) is 1.46. The third kappa shape index (κ3) is 2.08. The van der Waals surface area contributed by atoms with E-state index in [0.717, 1.165) is 0 Å². The van der Waals surface area contributed by atoms with Crippen LogP contribution in [0.1, 0.15) is 17.3 Å². The summed E-state index contributed by atoms with van der Waals surface area (Å²) in [5.41, 5.74) is 11.4. The van der Waals surface area contributed by atoms with Crippen LogP contribution in [0.25, 0.3) is 0 Å². The molecule has 13 heavy (non-hydrogen) atoms. The maximum Gasteiger partial charge on any atom is 0.339 e. The topological polar surface area (TPSA) is 91.2 Å².